The summed E-state index contributed by atoms with van der Waals surface area (Å²) in [4.78, 5) is 26.0. The van der Waals surface area contributed by atoms with Crippen molar-refractivity contribution in [2.75, 3.05) is 11.9 Å². The highest BCUT2D eigenvalue weighted by Gasteiger charge is 2.56. The normalized spacial score (nSPS) is 24.2. The van der Waals surface area contributed by atoms with Crippen molar-refractivity contribution >= 4 is 41.4 Å². The molecule has 0 spiro atoms. The van der Waals surface area contributed by atoms with E-state index < -0.39 is 48.2 Å². The zero-order valence-corrected chi connectivity index (χ0v) is 26.8. The Hall–Kier alpha value is -2.35. The molecule has 2 saturated heterocycles. The molecular formula is C28H38N5O7PS. The van der Waals surface area contributed by atoms with Gasteiger partial charge in [0.1, 0.15) is 24.6 Å². The molecule has 1 N–H and O–H groups in total. The number of aromatic nitrogens is 4. The number of carbonyl (C=O) groups excluding carboxylic acids is 1. The summed E-state index contributed by atoms with van der Waals surface area (Å²) in [5, 5.41) is 2.83. The average molecular weight is 620 g/mol. The Morgan fingerprint density at radius 2 is 1.67 bits per heavy atom. The Kier molecular flexibility index (Phi) is 8.36. The molecule has 2 fully saturated rings. The molecule has 42 heavy (non-hydrogen) atoms. The monoisotopic (exact) mass is 619 g/mol. The lowest BCUT2D eigenvalue weighted by atomic mass is 10.1. The van der Waals surface area contributed by atoms with Crippen LogP contribution in [-0.4, -0.2) is 67.3 Å². The van der Waals surface area contributed by atoms with Gasteiger partial charge in [-0.05, 0) is 79.3 Å². The van der Waals surface area contributed by atoms with E-state index in [0.717, 1.165) is 0 Å². The van der Waals surface area contributed by atoms with E-state index in [0.29, 0.717) is 16.7 Å². The van der Waals surface area contributed by atoms with Gasteiger partial charge in [0, 0.05) is 5.56 Å². The van der Waals surface area contributed by atoms with Crippen LogP contribution < -0.4 is 5.32 Å². The highest BCUT2D eigenvalue weighted by atomic mass is 32.5. The first-order valence-electron chi connectivity index (χ1n) is 13.7. The van der Waals surface area contributed by atoms with E-state index in [-0.39, 0.29) is 18.3 Å². The number of amides is 1. The summed E-state index contributed by atoms with van der Waals surface area (Å²) in [7, 11) is 0. The van der Waals surface area contributed by atoms with Crippen LogP contribution in [0.5, 0.6) is 0 Å². The molecule has 1 amide bonds. The number of benzene rings is 1. The number of imidazole rings is 1. The maximum absolute atomic E-state index is 12.8. The Balaban J connectivity index is 1.40. The van der Waals surface area contributed by atoms with Gasteiger partial charge in [-0.3, -0.25) is 9.36 Å². The summed E-state index contributed by atoms with van der Waals surface area (Å²) in [6.45, 7) is 12.0. The second-order valence-electron chi connectivity index (χ2n) is 12.6. The highest BCUT2D eigenvalue weighted by Crippen LogP contribution is 2.56. The largest absolute Gasteiger partial charge is 0.347 e. The molecule has 2 aliphatic heterocycles. The van der Waals surface area contributed by atoms with Gasteiger partial charge in [-0.2, -0.15) is 0 Å². The second kappa shape index (κ2) is 11.3. The van der Waals surface area contributed by atoms with Crippen molar-refractivity contribution in [3.63, 3.8) is 0 Å². The first kappa shape index (κ1) is 31.1. The highest BCUT2D eigenvalue weighted by molar-refractivity contribution is 8.07. The number of fused-ring (bicyclic) bond motifs is 2. The van der Waals surface area contributed by atoms with Gasteiger partial charge < -0.3 is 33.1 Å². The third kappa shape index (κ3) is 7.06. The fourth-order valence-electron chi connectivity index (χ4n) is 4.82. The molecule has 14 heteroatoms. The minimum Gasteiger partial charge on any atom is -0.347 e. The lowest BCUT2D eigenvalue weighted by Gasteiger charge is -2.34. The molecule has 12 nitrogen and oxygen atoms in total. The lowest BCUT2D eigenvalue weighted by Crippen LogP contribution is -2.33. The third-order valence-electron chi connectivity index (χ3n) is 6.19. The van der Waals surface area contributed by atoms with Crippen LogP contribution in [0.15, 0.2) is 43.0 Å². The van der Waals surface area contributed by atoms with Gasteiger partial charge in [0.25, 0.3) is 5.91 Å². The van der Waals surface area contributed by atoms with Crippen molar-refractivity contribution in [1.82, 2.24) is 19.5 Å². The molecule has 4 heterocycles. The first-order valence-corrected chi connectivity index (χ1v) is 16.3. The van der Waals surface area contributed by atoms with E-state index >= 15 is 0 Å². The minimum absolute atomic E-state index is 0.0561. The van der Waals surface area contributed by atoms with Crippen LogP contribution in [0.4, 0.5) is 5.82 Å². The topological polar surface area (TPSA) is 128 Å². The van der Waals surface area contributed by atoms with Crippen molar-refractivity contribution in [2.45, 2.75) is 96.9 Å². The Labute approximate surface area is 250 Å². The number of anilines is 1. The molecule has 1 aromatic carbocycles. The Morgan fingerprint density at radius 3 is 2.31 bits per heavy atom. The summed E-state index contributed by atoms with van der Waals surface area (Å²) in [6, 6.07) is 8.87. The number of nitrogens with zero attached hydrogens (tertiary/aromatic N) is 4. The van der Waals surface area contributed by atoms with Crippen LogP contribution in [0, 0.1) is 0 Å². The molecule has 0 radical (unpaired) electrons. The van der Waals surface area contributed by atoms with E-state index in [2.05, 4.69) is 20.3 Å². The van der Waals surface area contributed by atoms with E-state index in [1.54, 1.807) is 35.2 Å². The molecule has 2 aliphatic rings. The van der Waals surface area contributed by atoms with Crippen LogP contribution in [0.3, 0.4) is 0 Å². The molecule has 5 rings (SSSR count). The quantitative estimate of drug-likeness (QED) is 0.327. The number of hydrogen-bond acceptors (Lipinski definition) is 11. The Morgan fingerprint density at radius 1 is 1.02 bits per heavy atom. The fourth-order valence-corrected chi connectivity index (χ4v) is 8.16. The summed E-state index contributed by atoms with van der Waals surface area (Å²) >= 11 is 5.80. The van der Waals surface area contributed by atoms with E-state index in [4.69, 9.17) is 39.6 Å². The van der Waals surface area contributed by atoms with E-state index in [1.807, 2.05) is 61.5 Å². The van der Waals surface area contributed by atoms with Crippen molar-refractivity contribution in [1.29, 1.82) is 0 Å². The molecular weight excluding hydrogens is 581 g/mol. The zero-order chi connectivity index (χ0) is 30.5. The minimum atomic E-state index is -3.17. The molecule has 0 saturated carbocycles. The predicted octanol–water partition coefficient (Wildman–Crippen LogP) is 5.37. The number of carbonyl (C=O) groups is 1. The van der Waals surface area contributed by atoms with E-state index in [1.165, 1.54) is 6.33 Å². The molecule has 0 aliphatic carbocycles. The summed E-state index contributed by atoms with van der Waals surface area (Å²) in [6.07, 6.45) is 0.754. The average Bonchev–Trinajstić information content (AvgIpc) is 3.52. The lowest BCUT2D eigenvalue weighted by molar-refractivity contribution is -0.199. The Bertz CT molecular complexity index is 1470. The van der Waals surface area contributed by atoms with Crippen LogP contribution >= 0.6 is 6.72 Å². The number of ether oxygens (including phenoxy) is 3. The SMILES string of the molecule is CC(C)(C)OP(=S)(OCC1OC(n2cnc3c(NC(=O)c4ccccc4)ncnc32)C2OC(C)(C)OC12)OC(C)(C)C. The zero-order valence-electron chi connectivity index (χ0n) is 25.1. The van der Waals surface area contributed by atoms with Gasteiger partial charge in [-0.25, -0.2) is 15.0 Å². The standard InChI is InChI=1S/C28H38N5O7PS/c1-26(2,3)39-41(42,40-27(4,5)6)35-14-18-20-21(38-28(7,8)37-20)25(36-18)33-16-31-19-22(29-15-30-23(19)33)32-24(34)17-12-10-9-11-13-17/h9-13,15-16,18,20-21,25H,14H2,1-8H3,(H,29,30,32,34). The van der Waals surface area contributed by atoms with Crippen molar-refractivity contribution in [2.24, 2.45) is 0 Å². The van der Waals surface area contributed by atoms with Gasteiger partial charge in [-0.1, -0.05) is 18.2 Å². The van der Waals surface area contributed by atoms with Crippen molar-refractivity contribution in [3.05, 3.63) is 48.5 Å². The third-order valence-corrected chi connectivity index (χ3v) is 8.97. The molecule has 2 aromatic heterocycles. The van der Waals surface area contributed by atoms with Crippen molar-refractivity contribution < 1.29 is 32.6 Å². The maximum Gasteiger partial charge on any atom is 0.328 e. The van der Waals surface area contributed by atoms with Crippen LogP contribution in [-0.2, 0) is 39.6 Å². The van der Waals surface area contributed by atoms with Gasteiger partial charge in [0.05, 0.1) is 24.1 Å². The molecule has 0 bridgehead atoms. The number of rotatable bonds is 8. The van der Waals surface area contributed by atoms with E-state index in [9.17, 15) is 4.79 Å². The van der Waals surface area contributed by atoms with Crippen LogP contribution in [0.2, 0.25) is 0 Å². The van der Waals surface area contributed by atoms with Gasteiger partial charge in [-0.15, -0.1) is 0 Å². The van der Waals surface area contributed by atoms with Gasteiger partial charge in [0.2, 0.25) is 0 Å². The summed E-state index contributed by atoms with van der Waals surface area (Å²) < 4.78 is 39.3. The smallest absolute Gasteiger partial charge is 0.328 e. The van der Waals surface area contributed by atoms with Crippen LogP contribution in [0.1, 0.15) is 72.0 Å². The molecule has 3 aromatic rings. The fraction of sp³-hybridized carbons (Fsp3) is 0.571. The number of hydrogen-bond donors (Lipinski definition) is 1. The second-order valence-corrected chi connectivity index (χ2v) is 15.5. The van der Waals surface area contributed by atoms with Gasteiger partial charge >= 0.3 is 6.72 Å². The summed E-state index contributed by atoms with van der Waals surface area (Å²) in [5.41, 5.74) is 0.205. The summed E-state index contributed by atoms with van der Waals surface area (Å²) in [5.74, 6) is -0.885. The maximum atomic E-state index is 12.8. The molecule has 4 unspecified atom stereocenters. The van der Waals surface area contributed by atoms with Gasteiger partial charge in [0.15, 0.2) is 29.0 Å². The number of nitrogens with one attached hydrogen (secondary N) is 1. The first-order chi connectivity index (χ1) is 19.5. The predicted molar refractivity (Wildman–Crippen MR) is 159 cm³/mol. The van der Waals surface area contributed by atoms with Crippen molar-refractivity contribution in [3.8, 4) is 0 Å². The van der Waals surface area contributed by atoms with Crippen LogP contribution in [0.25, 0.3) is 11.2 Å². The molecule has 228 valence electrons. The molecule has 4 atom stereocenters.